The van der Waals surface area contributed by atoms with Gasteiger partial charge in [0, 0.05) is 6.61 Å². The predicted molar refractivity (Wildman–Crippen MR) is 66.3 cm³/mol. The third-order valence-corrected chi connectivity index (χ3v) is 3.40. The lowest BCUT2D eigenvalue weighted by Crippen LogP contribution is -2.34. The van der Waals surface area contributed by atoms with Gasteiger partial charge in [-0.15, -0.1) is 0 Å². The highest BCUT2D eigenvalue weighted by Gasteiger charge is 2.18. The quantitative estimate of drug-likeness (QED) is 0.790. The number of aryl methyl sites for hydroxylation is 1. The Morgan fingerprint density at radius 2 is 2.28 bits per heavy atom. The third-order valence-electron chi connectivity index (χ3n) is 3.40. The molecule has 2 rings (SSSR count). The summed E-state index contributed by atoms with van der Waals surface area (Å²) in [5.74, 6) is 0. The van der Waals surface area contributed by atoms with E-state index < -0.39 is 0 Å². The first-order valence-corrected chi connectivity index (χ1v) is 6.23. The van der Waals surface area contributed by atoms with Crippen molar-refractivity contribution in [3.63, 3.8) is 0 Å². The van der Waals surface area contributed by atoms with Crippen LogP contribution in [0.15, 0.2) is 4.79 Å². The van der Waals surface area contributed by atoms with E-state index in [1.165, 1.54) is 4.68 Å². The van der Waals surface area contributed by atoms with Crippen LogP contribution in [-0.2, 0) is 11.3 Å². The Kier molecular flexibility index (Phi) is 3.78. The average Bonchev–Trinajstić information content (AvgIpc) is 2.38. The lowest BCUT2D eigenvalue weighted by atomic mass is 10.1. The Morgan fingerprint density at radius 1 is 1.50 bits per heavy atom. The molecule has 1 saturated heterocycles. The van der Waals surface area contributed by atoms with Crippen molar-refractivity contribution in [2.24, 2.45) is 0 Å². The minimum absolute atomic E-state index is 0.0394. The maximum Gasteiger partial charge on any atom is 0.285 e. The molecule has 1 atom stereocenters. The van der Waals surface area contributed by atoms with Crippen molar-refractivity contribution < 1.29 is 4.74 Å². The summed E-state index contributed by atoms with van der Waals surface area (Å²) >= 11 is 0. The molecular formula is C13H17N3O2. The van der Waals surface area contributed by atoms with E-state index in [1.54, 1.807) is 6.92 Å². The smallest absolute Gasteiger partial charge is 0.285 e. The molecule has 0 unspecified atom stereocenters. The van der Waals surface area contributed by atoms with Crippen LogP contribution in [0, 0.1) is 25.2 Å². The van der Waals surface area contributed by atoms with Gasteiger partial charge >= 0.3 is 0 Å². The topological polar surface area (TPSA) is 67.9 Å². The zero-order chi connectivity index (χ0) is 13.1. The summed E-state index contributed by atoms with van der Waals surface area (Å²) in [5, 5.41) is 13.3. The summed E-state index contributed by atoms with van der Waals surface area (Å²) in [4.78, 5) is 12.1. The monoisotopic (exact) mass is 247 g/mol. The van der Waals surface area contributed by atoms with Crippen molar-refractivity contribution in [2.45, 2.75) is 45.8 Å². The van der Waals surface area contributed by atoms with E-state index >= 15 is 0 Å². The first kappa shape index (κ1) is 12.8. The van der Waals surface area contributed by atoms with Crippen LogP contribution in [0.4, 0.5) is 0 Å². The maximum absolute atomic E-state index is 12.1. The second kappa shape index (κ2) is 5.32. The number of aromatic nitrogens is 2. The van der Waals surface area contributed by atoms with Crippen molar-refractivity contribution >= 4 is 0 Å². The van der Waals surface area contributed by atoms with Gasteiger partial charge in [-0.2, -0.15) is 10.4 Å². The standard InChI is InChI=1S/C13H17N3O2/c1-9-10(2)15-16(13(17)12(9)7-14)8-11-5-3-4-6-18-11/h11H,3-6,8H2,1-2H3/t11-/m0/s1. The lowest BCUT2D eigenvalue weighted by molar-refractivity contribution is 0.00305. The number of hydrogen-bond donors (Lipinski definition) is 0. The highest BCUT2D eigenvalue weighted by Crippen LogP contribution is 2.14. The summed E-state index contributed by atoms with van der Waals surface area (Å²) in [6.07, 6.45) is 3.19. The fraction of sp³-hybridized carbons (Fsp3) is 0.615. The molecule has 0 radical (unpaired) electrons. The number of rotatable bonds is 2. The lowest BCUT2D eigenvalue weighted by Gasteiger charge is -2.23. The van der Waals surface area contributed by atoms with Crippen molar-refractivity contribution in [3.05, 3.63) is 27.2 Å². The molecule has 0 aromatic carbocycles. The van der Waals surface area contributed by atoms with Gasteiger partial charge in [0.15, 0.2) is 0 Å². The number of hydrogen-bond acceptors (Lipinski definition) is 4. The molecule has 5 heteroatoms. The summed E-state index contributed by atoms with van der Waals surface area (Å²) < 4.78 is 6.97. The normalized spacial score (nSPS) is 19.5. The van der Waals surface area contributed by atoms with Crippen LogP contribution in [0.1, 0.15) is 36.1 Å². The van der Waals surface area contributed by atoms with Crippen molar-refractivity contribution in [3.8, 4) is 6.07 Å². The van der Waals surface area contributed by atoms with E-state index in [4.69, 9.17) is 10.00 Å². The Hall–Kier alpha value is -1.67. The van der Waals surface area contributed by atoms with Gasteiger partial charge in [0.25, 0.3) is 5.56 Å². The van der Waals surface area contributed by atoms with Crippen molar-refractivity contribution in [1.82, 2.24) is 9.78 Å². The SMILES string of the molecule is Cc1nn(C[C@@H]2CCCCO2)c(=O)c(C#N)c1C. The van der Waals surface area contributed by atoms with Gasteiger partial charge in [0.05, 0.1) is 18.3 Å². The van der Waals surface area contributed by atoms with Gasteiger partial charge in [-0.05, 0) is 38.7 Å². The maximum atomic E-state index is 12.1. The molecule has 96 valence electrons. The number of ether oxygens (including phenoxy) is 1. The Bertz CT molecular complexity index is 536. The minimum Gasteiger partial charge on any atom is -0.376 e. The molecule has 1 fully saturated rings. The average molecular weight is 247 g/mol. The first-order valence-electron chi connectivity index (χ1n) is 6.23. The molecule has 18 heavy (non-hydrogen) atoms. The summed E-state index contributed by atoms with van der Waals surface area (Å²) in [6.45, 7) is 4.75. The second-order valence-corrected chi connectivity index (χ2v) is 4.67. The fourth-order valence-corrected chi connectivity index (χ4v) is 2.17. The number of nitrogens with zero attached hydrogens (tertiary/aromatic N) is 3. The van der Waals surface area contributed by atoms with E-state index in [9.17, 15) is 4.79 Å². The second-order valence-electron chi connectivity index (χ2n) is 4.67. The van der Waals surface area contributed by atoms with E-state index in [-0.39, 0.29) is 17.2 Å². The predicted octanol–water partition coefficient (Wildman–Crippen LogP) is 1.30. The van der Waals surface area contributed by atoms with Crippen LogP contribution < -0.4 is 5.56 Å². The molecule has 0 amide bonds. The van der Waals surface area contributed by atoms with Crippen LogP contribution >= 0.6 is 0 Å². The van der Waals surface area contributed by atoms with Gasteiger partial charge < -0.3 is 4.74 Å². The fourth-order valence-electron chi connectivity index (χ4n) is 2.17. The summed E-state index contributed by atoms with van der Waals surface area (Å²) in [6, 6.07) is 1.97. The third kappa shape index (κ3) is 2.44. The van der Waals surface area contributed by atoms with Crippen LogP contribution in [0.3, 0.4) is 0 Å². The summed E-state index contributed by atoms with van der Waals surface area (Å²) in [7, 11) is 0. The van der Waals surface area contributed by atoms with Gasteiger partial charge in [-0.25, -0.2) is 4.68 Å². The molecule has 5 nitrogen and oxygen atoms in total. The summed E-state index contributed by atoms with van der Waals surface area (Å²) in [5.41, 5.74) is 1.28. The molecule has 1 aliphatic heterocycles. The van der Waals surface area contributed by atoms with E-state index in [2.05, 4.69) is 5.10 Å². The molecule has 0 aliphatic carbocycles. The van der Waals surface area contributed by atoms with E-state index in [0.29, 0.717) is 12.1 Å². The van der Waals surface area contributed by atoms with Crippen molar-refractivity contribution in [2.75, 3.05) is 6.61 Å². The molecule has 1 aliphatic rings. The Morgan fingerprint density at radius 3 is 2.89 bits per heavy atom. The van der Waals surface area contributed by atoms with Crippen LogP contribution in [0.25, 0.3) is 0 Å². The highest BCUT2D eigenvalue weighted by atomic mass is 16.5. The zero-order valence-electron chi connectivity index (χ0n) is 10.8. The van der Waals surface area contributed by atoms with Crippen LogP contribution in [0.5, 0.6) is 0 Å². The van der Waals surface area contributed by atoms with Gasteiger partial charge in [0.1, 0.15) is 11.6 Å². The molecule has 0 spiro atoms. The van der Waals surface area contributed by atoms with Gasteiger partial charge in [-0.3, -0.25) is 4.79 Å². The van der Waals surface area contributed by atoms with Crippen LogP contribution in [0.2, 0.25) is 0 Å². The minimum atomic E-state index is -0.310. The zero-order valence-corrected chi connectivity index (χ0v) is 10.8. The van der Waals surface area contributed by atoms with Crippen molar-refractivity contribution in [1.29, 1.82) is 5.26 Å². The molecule has 0 saturated carbocycles. The van der Waals surface area contributed by atoms with E-state index in [0.717, 1.165) is 31.6 Å². The Labute approximate surface area is 106 Å². The largest absolute Gasteiger partial charge is 0.376 e. The molecule has 1 aromatic rings. The molecule has 0 bridgehead atoms. The highest BCUT2D eigenvalue weighted by molar-refractivity contribution is 5.36. The van der Waals surface area contributed by atoms with Gasteiger partial charge in [0.2, 0.25) is 0 Å². The first-order chi connectivity index (χ1) is 8.63. The van der Waals surface area contributed by atoms with Crippen LogP contribution in [-0.4, -0.2) is 22.5 Å². The van der Waals surface area contributed by atoms with Gasteiger partial charge in [-0.1, -0.05) is 0 Å². The molecule has 1 aromatic heterocycles. The Balaban J connectivity index is 2.31. The number of nitriles is 1. The molecular weight excluding hydrogens is 230 g/mol. The van der Waals surface area contributed by atoms with E-state index in [1.807, 2.05) is 13.0 Å². The molecule has 0 N–H and O–H groups in total. The molecule has 2 heterocycles.